The van der Waals surface area contributed by atoms with Crippen molar-refractivity contribution in [1.29, 1.82) is 0 Å². The van der Waals surface area contributed by atoms with Crippen LogP contribution in [-0.4, -0.2) is 23.3 Å². The molecule has 0 saturated carbocycles. The smallest absolute Gasteiger partial charge is 0.127 e. The Balaban J connectivity index is 2.27. The largest absolute Gasteiger partial charge is 0.388 e. The zero-order valence-corrected chi connectivity index (χ0v) is 9.89. The van der Waals surface area contributed by atoms with E-state index in [-0.39, 0.29) is 18.3 Å². The lowest BCUT2D eigenvalue weighted by Crippen LogP contribution is -2.42. The van der Waals surface area contributed by atoms with Crippen molar-refractivity contribution in [1.82, 2.24) is 5.32 Å². The Hall–Kier alpha value is -0.640. The van der Waals surface area contributed by atoms with Crippen LogP contribution in [0.3, 0.4) is 0 Å². The summed E-state index contributed by atoms with van der Waals surface area (Å²) in [5.74, 6) is -0.347. The van der Waals surface area contributed by atoms with Crippen molar-refractivity contribution in [2.75, 3.05) is 6.54 Å². The van der Waals surface area contributed by atoms with Gasteiger partial charge in [-0.3, -0.25) is 0 Å². The average Bonchev–Trinajstić information content (AvgIpc) is 2.54. The molecule has 16 heavy (non-hydrogen) atoms. The second kappa shape index (κ2) is 4.32. The Kier molecular flexibility index (Phi) is 3.19. The molecule has 2 N–H and O–H groups in total. The summed E-state index contributed by atoms with van der Waals surface area (Å²) < 4.78 is 13.6. The van der Waals surface area contributed by atoms with Crippen molar-refractivity contribution < 1.29 is 9.50 Å². The molecular weight excluding hydrogens is 229 g/mol. The van der Waals surface area contributed by atoms with E-state index in [4.69, 9.17) is 11.6 Å². The first-order chi connectivity index (χ1) is 7.53. The topological polar surface area (TPSA) is 32.3 Å². The van der Waals surface area contributed by atoms with E-state index in [1.54, 1.807) is 12.1 Å². The van der Waals surface area contributed by atoms with Gasteiger partial charge in [0.15, 0.2) is 0 Å². The molecule has 0 amide bonds. The van der Waals surface area contributed by atoms with Crippen LogP contribution >= 0.6 is 11.6 Å². The maximum Gasteiger partial charge on any atom is 0.127 e. The summed E-state index contributed by atoms with van der Waals surface area (Å²) in [6, 6.07) is 4.55. The van der Waals surface area contributed by atoms with Gasteiger partial charge in [0.05, 0.1) is 5.60 Å². The zero-order chi connectivity index (χ0) is 11.8. The Bertz CT molecular complexity index is 378. The molecule has 2 atom stereocenters. The van der Waals surface area contributed by atoms with Crippen molar-refractivity contribution in [3.63, 3.8) is 0 Å². The highest BCUT2D eigenvalue weighted by molar-refractivity contribution is 6.31. The highest BCUT2D eigenvalue weighted by Gasteiger charge is 2.39. The maximum absolute atomic E-state index is 13.6. The van der Waals surface area contributed by atoms with Crippen LogP contribution in [0.5, 0.6) is 0 Å². The Morgan fingerprint density at radius 1 is 1.62 bits per heavy atom. The number of halogens is 2. The fourth-order valence-corrected chi connectivity index (χ4v) is 2.39. The molecule has 0 aromatic heterocycles. The van der Waals surface area contributed by atoms with Crippen LogP contribution in [0.15, 0.2) is 18.2 Å². The first-order valence-electron chi connectivity index (χ1n) is 5.41. The average molecular weight is 244 g/mol. The van der Waals surface area contributed by atoms with Crippen LogP contribution in [0.4, 0.5) is 4.39 Å². The molecule has 1 saturated heterocycles. The summed E-state index contributed by atoms with van der Waals surface area (Å²) >= 11 is 5.95. The van der Waals surface area contributed by atoms with E-state index < -0.39 is 5.60 Å². The third-order valence-electron chi connectivity index (χ3n) is 3.36. The predicted molar refractivity (Wildman–Crippen MR) is 62.1 cm³/mol. The van der Waals surface area contributed by atoms with E-state index in [1.807, 2.05) is 6.92 Å². The monoisotopic (exact) mass is 243 g/mol. The second-order valence-electron chi connectivity index (χ2n) is 4.41. The van der Waals surface area contributed by atoms with Gasteiger partial charge in [0, 0.05) is 23.0 Å². The minimum atomic E-state index is -0.897. The normalized spacial score (nSPS) is 29.6. The lowest BCUT2D eigenvalue weighted by molar-refractivity contribution is 0.0327. The number of hydrogen-bond acceptors (Lipinski definition) is 2. The molecule has 0 radical (unpaired) electrons. The van der Waals surface area contributed by atoms with Gasteiger partial charge in [-0.2, -0.15) is 0 Å². The third kappa shape index (κ3) is 2.08. The molecule has 88 valence electrons. The van der Waals surface area contributed by atoms with Crippen LogP contribution in [0.2, 0.25) is 5.02 Å². The molecule has 1 heterocycles. The highest BCUT2D eigenvalue weighted by atomic mass is 35.5. The number of rotatable bonds is 2. The van der Waals surface area contributed by atoms with Crippen molar-refractivity contribution in [3.05, 3.63) is 34.6 Å². The maximum atomic E-state index is 13.6. The fraction of sp³-hybridized carbons (Fsp3) is 0.500. The van der Waals surface area contributed by atoms with Gasteiger partial charge in [-0.25, -0.2) is 4.39 Å². The molecule has 1 aromatic carbocycles. The van der Waals surface area contributed by atoms with Gasteiger partial charge in [-0.05, 0) is 32.0 Å². The van der Waals surface area contributed by atoms with Crippen LogP contribution < -0.4 is 5.32 Å². The van der Waals surface area contributed by atoms with Gasteiger partial charge < -0.3 is 10.4 Å². The van der Waals surface area contributed by atoms with Crippen LogP contribution in [0.1, 0.15) is 18.9 Å². The summed E-state index contributed by atoms with van der Waals surface area (Å²) in [7, 11) is 0. The molecule has 1 fully saturated rings. The van der Waals surface area contributed by atoms with Gasteiger partial charge in [0.2, 0.25) is 0 Å². The van der Waals surface area contributed by atoms with E-state index in [9.17, 15) is 9.50 Å². The quantitative estimate of drug-likeness (QED) is 0.834. The lowest BCUT2D eigenvalue weighted by Gasteiger charge is -2.27. The number of aliphatic hydroxyl groups is 1. The second-order valence-corrected chi connectivity index (χ2v) is 4.81. The molecule has 1 aromatic rings. The van der Waals surface area contributed by atoms with E-state index in [0.717, 1.165) is 6.54 Å². The summed E-state index contributed by atoms with van der Waals surface area (Å²) in [6.45, 7) is 2.66. The van der Waals surface area contributed by atoms with Gasteiger partial charge in [0.1, 0.15) is 5.82 Å². The summed E-state index contributed by atoms with van der Waals surface area (Å²) in [5, 5.41) is 13.9. The Morgan fingerprint density at radius 2 is 2.38 bits per heavy atom. The minimum Gasteiger partial charge on any atom is -0.388 e. The molecule has 0 spiro atoms. The van der Waals surface area contributed by atoms with Gasteiger partial charge in [-0.15, -0.1) is 0 Å². The van der Waals surface area contributed by atoms with Crippen LogP contribution in [0, 0.1) is 5.82 Å². The zero-order valence-electron chi connectivity index (χ0n) is 9.13. The summed E-state index contributed by atoms with van der Waals surface area (Å²) in [5.41, 5.74) is -0.492. The van der Waals surface area contributed by atoms with Gasteiger partial charge >= 0.3 is 0 Å². The minimum absolute atomic E-state index is 0.0387. The fourth-order valence-electron chi connectivity index (χ4n) is 2.16. The van der Waals surface area contributed by atoms with Crippen molar-refractivity contribution in [3.8, 4) is 0 Å². The summed E-state index contributed by atoms with van der Waals surface area (Å²) in [6.07, 6.45) is 0.880. The van der Waals surface area contributed by atoms with Crippen molar-refractivity contribution in [2.45, 2.75) is 31.4 Å². The van der Waals surface area contributed by atoms with Crippen LogP contribution in [-0.2, 0) is 6.42 Å². The Labute approximate surface area is 99.4 Å². The number of nitrogens with one attached hydrogen (secondary N) is 1. The highest BCUT2D eigenvalue weighted by Crippen LogP contribution is 2.30. The molecular formula is C12H15ClFNO. The first-order valence-corrected chi connectivity index (χ1v) is 5.79. The third-order valence-corrected chi connectivity index (χ3v) is 3.71. The molecule has 1 aliphatic heterocycles. The van der Waals surface area contributed by atoms with Crippen LogP contribution in [0.25, 0.3) is 0 Å². The van der Waals surface area contributed by atoms with E-state index >= 15 is 0 Å². The van der Waals surface area contributed by atoms with E-state index in [1.165, 1.54) is 6.07 Å². The predicted octanol–water partition coefficient (Wildman–Crippen LogP) is 2.13. The Morgan fingerprint density at radius 3 is 2.94 bits per heavy atom. The molecule has 2 unspecified atom stereocenters. The standard InChI is InChI=1S/C12H15ClFNO/c1-8-12(16,5-6-15-8)7-9-10(13)3-2-4-11(9)14/h2-4,8,15-16H,5-7H2,1H3. The molecule has 0 bridgehead atoms. The molecule has 4 heteroatoms. The lowest BCUT2D eigenvalue weighted by atomic mass is 9.88. The molecule has 2 rings (SSSR count). The molecule has 0 aliphatic carbocycles. The SMILES string of the molecule is CC1NCCC1(O)Cc1c(F)cccc1Cl. The van der Waals surface area contributed by atoms with Crippen molar-refractivity contribution >= 4 is 11.6 Å². The van der Waals surface area contributed by atoms with E-state index in [0.29, 0.717) is 17.0 Å². The summed E-state index contributed by atoms with van der Waals surface area (Å²) in [4.78, 5) is 0. The number of hydrogen-bond donors (Lipinski definition) is 2. The van der Waals surface area contributed by atoms with Gasteiger partial charge in [0.25, 0.3) is 0 Å². The molecule has 2 nitrogen and oxygen atoms in total. The number of benzene rings is 1. The van der Waals surface area contributed by atoms with Crippen molar-refractivity contribution in [2.24, 2.45) is 0 Å². The van der Waals surface area contributed by atoms with Gasteiger partial charge in [-0.1, -0.05) is 17.7 Å². The van der Waals surface area contributed by atoms with E-state index in [2.05, 4.69) is 5.32 Å². The molecule has 1 aliphatic rings. The first kappa shape index (κ1) is 11.8.